The van der Waals surface area contributed by atoms with E-state index in [1.165, 1.54) is 28.7 Å². The Bertz CT molecular complexity index is 931. The molecule has 1 aromatic heterocycles. The number of hydrogen-bond acceptors (Lipinski definition) is 3. The summed E-state index contributed by atoms with van der Waals surface area (Å²) < 4.78 is 27.9. The summed E-state index contributed by atoms with van der Waals surface area (Å²) in [4.78, 5) is 25.5. The maximum atomic E-state index is 14.1. The van der Waals surface area contributed by atoms with Crippen LogP contribution in [0.3, 0.4) is 0 Å². The first kappa shape index (κ1) is 20.5. The number of nitrogens with one attached hydrogen (secondary N) is 2. The minimum atomic E-state index is -0.898. The second-order valence-corrected chi connectivity index (χ2v) is 9.45. The third kappa shape index (κ3) is 4.41. The van der Waals surface area contributed by atoms with E-state index >= 15 is 0 Å². The minimum absolute atomic E-state index is 0.172. The van der Waals surface area contributed by atoms with E-state index in [0.717, 1.165) is 25.3 Å². The average molecular weight is 406 g/mol. The summed E-state index contributed by atoms with van der Waals surface area (Å²) in [7, 11) is 0. The van der Waals surface area contributed by atoms with E-state index in [0.29, 0.717) is 16.9 Å². The minimum Gasteiger partial charge on any atom is -0.324 e. The molecule has 2 aromatic rings. The normalized spacial score (nSPS) is 16.4. The lowest BCUT2D eigenvalue weighted by molar-refractivity contribution is -0.114. The fraction of sp³-hybridized carbons (Fsp3) is 0.429. The van der Waals surface area contributed by atoms with Crippen molar-refractivity contribution in [3.63, 3.8) is 0 Å². The van der Waals surface area contributed by atoms with Gasteiger partial charge in [0.25, 0.3) is 5.91 Å². The molecule has 1 unspecified atom stereocenters. The molecule has 1 heterocycles. The summed E-state index contributed by atoms with van der Waals surface area (Å²) in [5, 5.41) is 4.78. The van der Waals surface area contributed by atoms with Gasteiger partial charge in [-0.25, -0.2) is 8.78 Å². The van der Waals surface area contributed by atoms with E-state index in [2.05, 4.69) is 31.4 Å². The number of carbonyl (C=O) groups is 2. The zero-order valence-electron chi connectivity index (χ0n) is 16.4. The fourth-order valence-corrected chi connectivity index (χ4v) is 4.59. The fourth-order valence-electron chi connectivity index (χ4n) is 3.49. The van der Waals surface area contributed by atoms with Gasteiger partial charge in [0.15, 0.2) is 0 Å². The van der Waals surface area contributed by atoms with Gasteiger partial charge in [0.2, 0.25) is 5.91 Å². The van der Waals surface area contributed by atoms with Crippen LogP contribution in [-0.2, 0) is 17.6 Å². The number of carbonyl (C=O) groups excluding carboxylic acids is 2. The van der Waals surface area contributed by atoms with Crippen molar-refractivity contribution in [1.29, 1.82) is 0 Å². The number of hydrogen-bond donors (Lipinski definition) is 2. The Balaban J connectivity index is 1.80. The van der Waals surface area contributed by atoms with Crippen molar-refractivity contribution >= 4 is 34.5 Å². The van der Waals surface area contributed by atoms with Gasteiger partial charge < -0.3 is 10.6 Å². The van der Waals surface area contributed by atoms with Crippen molar-refractivity contribution in [1.82, 2.24) is 0 Å². The number of halogens is 2. The molecule has 0 radical (unpaired) electrons. The molecule has 0 saturated heterocycles. The summed E-state index contributed by atoms with van der Waals surface area (Å²) in [5.41, 5.74) is 1.04. The first-order valence-corrected chi connectivity index (χ1v) is 10.1. The molecule has 0 spiro atoms. The number of thiophene rings is 1. The molecule has 0 aliphatic heterocycles. The molecule has 4 nitrogen and oxygen atoms in total. The standard InChI is InChI=1S/C21H24F2N2O2S/c1-11(26)24-16-10-17(15(23)9-14(16)22)25-20(27)19-8-12-7-13(21(2,3)4)5-6-18(12)28-19/h8-10,13H,5-7H2,1-4H3,(H,24,26)(H,25,27). The van der Waals surface area contributed by atoms with Gasteiger partial charge in [-0.15, -0.1) is 11.3 Å². The average Bonchev–Trinajstić information content (AvgIpc) is 3.01. The third-order valence-corrected chi connectivity index (χ3v) is 6.38. The van der Waals surface area contributed by atoms with E-state index in [-0.39, 0.29) is 16.8 Å². The Labute approximate surface area is 167 Å². The smallest absolute Gasteiger partial charge is 0.265 e. The molecule has 150 valence electrons. The summed E-state index contributed by atoms with van der Waals surface area (Å²) >= 11 is 1.42. The second-order valence-electron chi connectivity index (χ2n) is 8.31. The van der Waals surface area contributed by atoms with Gasteiger partial charge >= 0.3 is 0 Å². The highest BCUT2D eigenvalue weighted by Gasteiger charge is 2.30. The number of amides is 2. The van der Waals surface area contributed by atoms with Crippen LogP contribution in [0.2, 0.25) is 0 Å². The van der Waals surface area contributed by atoms with Gasteiger partial charge in [0.1, 0.15) is 11.6 Å². The zero-order chi connectivity index (χ0) is 20.6. The Hall–Kier alpha value is -2.28. The quantitative estimate of drug-likeness (QED) is 0.718. The molecule has 1 aromatic carbocycles. The van der Waals surface area contributed by atoms with Gasteiger partial charge in [-0.05, 0) is 48.3 Å². The molecule has 0 fully saturated rings. The molecule has 1 atom stereocenters. The van der Waals surface area contributed by atoms with Crippen LogP contribution in [0, 0.1) is 23.0 Å². The van der Waals surface area contributed by atoms with Crippen LogP contribution in [-0.4, -0.2) is 11.8 Å². The zero-order valence-corrected chi connectivity index (χ0v) is 17.2. The summed E-state index contributed by atoms with van der Waals surface area (Å²) in [5.74, 6) is -2.16. The third-order valence-electron chi connectivity index (χ3n) is 5.15. The topological polar surface area (TPSA) is 58.2 Å². The van der Waals surface area contributed by atoms with Crippen molar-refractivity contribution in [2.45, 2.75) is 47.0 Å². The molecule has 1 aliphatic carbocycles. The molecule has 1 aliphatic rings. The van der Waals surface area contributed by atoms with Crippen molar-refractivity contribution in [3.8, 4) is 0 Å². The Morgan fingerprint density at radius 1 is 1.07 bits per heavy atom. The highest BCUT2D eigenvalue weighted by molar-refractivity contribution is 7.14. The number of aryl methyl sites for hydroxylation is 1. The van der Waals surface area contributed by atoms with E-state index in [1.54, 1.807) is 0 Å². The van der Waals surface area contributed by atoms with Gasteiger partial charge in [-0.3, -0.25) is 9.59 Å². The van der Waals surface area contributed by atoms with Gasteiger partial charge in [0.05, 0.1) is 16.3 Å². The number of rotatable bonds is 3. The Kier molecular flexibility index (Phi) is 5.57. The Morgan fingerprint density at radius 2 is 1.71 bits per heavy atom. The summed E-state index contributed by atoms with van der Waals surface area (Å²) in [6.07, 6.45) is 2.96. The van der Waals surface area contributed by atoms with E-state index in [1.807, 2.05) is 6.07 Å². The number of fused-ring (bicyclic) bond motifs is 1. The van der Waals surface area contributed by atoms with E-state index in [4.69, 9.17) is 0 Å². The van der Waals surface area contributed by atoms with Crippen LogP contribution in [0.5, 0.6) is 0 Å². The lowest BCUT2D eigenvalue weighted by atomic mass is 9.72. The molecular formula is C21H24F2N2O2S. The van der Waals surface area contributed by atoms with Crippen molar-refractivity contribution in [2.75, 3.05) is 10.6 Å². The van der Waals surface area contributed by atoms with Crippen LogP contribution < -0.4 is 10.6 Å². The van der Waals surface area contributed by atoms with E-state index < -0.39 is 23.4 Å². The monoisotopic (exact) mass is 406 g/mol. The molecule has 2 N–H and O–H groups in total. The highest BCUT2D eigenvalue weighted by Crippen LogP contribution is 2.40. The van der Waals surface area contributed by atoms with E-state index in [9.17, 15) is 18.4 Å². The lowest BCUT2D eigenvalue weighted by Gasteiger charge is -2.33. The van der Waals surface area contributed by atoms with Crippen LogP contribution in [0.15, 0.2) is 18.2 Å². The molecule has 28 heavy (non-hydrogen) atoms. The highest BCUT2D eigenvalue weighted by atomic mass is 32.1. The van der Waals surface area contributed by atoms with Gasteiger partial charge in [-0.2, -0.15) is 0 Å². The number of benzene rings is 1. The molecule has 2 amide bonds. The lowest BCUT2D eigenvalue weighted by Crippen LogP contribution is -2.26. The maximum absolute atomic E-state index is 14.1. The predicted molar refractivity (Wildman–Crippen MR) is 108 cm³/mol. The molecule has 7 heteroatoms. The van der Waals surface area contributed by atoms with Crippen LogP contribution in [0.4, 0.5) is 20.2 Å². The van der Waals surface area contributed by atoms with Crippen molar-refractivity contribution in [3.05, 3.63) is 45.2 Å². The van der Waals surface area contributed by atoms with Gasteiger partial charge in [-0.1, -0.05) is 20.8 Å². The van der Waals surface area contributed by atoms with Crippen molar-refractivity contribution in [2.24, 2.45) is 11.3 Å². The maximum Gasteiger partial charge on any atom is 0.265 e. The van der Waals surface area contributed by atoms with Crippen molar-refractivity contribution < 1.29 is 18.4 Å². The second kappa shape index (κ2) is 7.62. The predicted octanol–water partition coefficient (Wildman–Crippen LogP) is 5.39. The summed E-state index contributed by atoms with van der Waals surface area (Å²) in [6, 6.07) is 3.62. The van der Waals surface area contributed by atoms with Crippen LogP contribution >= 0.6 is 11.3 Å². The molecule has 0 saturated carbocycles. The Morgan fingerprint density at radius 3 is 2.32 bits per heavy atom. The largest absolute Gasteiger partial charge is 0.324 e. The number of anilines is 2. The van der Waals surface area contributed by atoms with Crippen LogP contribution in [0.1, 0.15) is 54.2 Å². The first-order valence-electron chi connectivity index (χ1n) is 9.24. The molecule has 0 bridgehead atoms. The first-order chi connectivity index (χ1) is 13.0. The SMILES string of the molecule is CC(=O)Nc1cc(NC(=O)c2cc3c(s2)CCC(C(C)(C)C)C3)c(F)cc1F. The molecular weight excluding hydrogens is 382 g/mol. The van der Waals surface area contributed by atoms with Crippen LogP contribution in [0.25, 0.3) is 0 Å². The molecule has 3 rings (SSSR count). The summed E-state index contributed by atoms with van der Waals surface area (Å²) in [6.45, 7) is 7.91. The van der Waals surface area contributed by atoms with Gasteiger partial charge in [0, 0.05) is 17.9 Å².